The van der Waals surface area contributed by atoms with Gasteiger partial charge in [0.05, 0.1) is 23.0 Å². The zero-order chi connectivity index (χ0) is 13.2. The highest BCUT2D eigenvalue weighted by molar-refractivity contribution is 6.31. The van der Waals surface area contributed by atoms with Gasteiger partial charge in [-0.1, -0.05) is 11.6 Å². The van der Waals surface area contributed by atoms with E-state index < -0.39 is 5.97 Å². The molecule has 1 heterocycles. The smallest absolute Gasteiger partial charge is 0.317 e. The highest BCUT2D eigenvalue weighted by atomic mass is 35.5. The summed E-state index contributed by atoms with van der Waals surface area (Å²) in [5.74, 6) is -0.839. The normalized spacial score (nSPS) is 11.5. The zero-order valence-corrected chi connectivity index (χ0v) is 11.3. The van der Waals surface area contributed by atoms with Crippen molar-refractivity contribution >= 4 is 17.6 Å². The predicted molar refractivity (Wildman–Crippen MR) is 66.1 cm³/mol. The number of carbonyl (C=O) groups is 1. The lowest BCUT2D eigenvalue weighted by Gasteiger charge is -2.24. The van der Waals surface area contributed by atoms with Crippen LogP contribution in [0, 0.1) is 6.92 Å². The molecule has 0 aliphatic heterocycles. The second kappa shape index (κ2) is 5.51. The van der Waals surface area contributed by atoms with Crippen LogP contribution in [0.3, 0.4) is 0 Å². The quantitative estimate of drug-likeness (QED) is 0.874. The molecule has 17 heavy (non-hydrogen) atoms. The van der Waals surface area contributed by atoms with Crippen LogP contribution in [0.5, 0.6) is 0 Å². The van der Waals surface area contributed by atoms with Crippen molar-refractivity contribution in [2.24, 2.45) is 7.05 Å². The van der Waals surface area contributed by atoms with Gasteiger partial charge >= 0.3 is 5.97 Å². The van der Waals surface area contributed by atoms with E-state index in [1.54, 1.807) is 4.68 Å². The molecular weight excluding hydrogens is 242 g/mol. The molecule has 0 unspecified atom stereocenters. The standard InChI is InChI=1S/C11H18ClN3O2/c1-7(2)15(6-10(16)17)5-9-11(12)8(3)13-14(9)4/h7H,5-6H2,1-4H3,(H,16,17). The molecule has 0 saturated carbocycles. The fraction of sp³-hybridized carbons (Fsp3) is 0.636. The number of nitrogens with zero attached hydrogens (tertiary/aromatic N) is 3. The van der Waals surface area contributed by atoms with Gasteiger partial charge in [-0.25, -0.2) is 0 Å². The fourth-order valence-electron chi connectivity index (χ4n) is 1.64. The molecule has 0 fully saturated rings. The van der Waals surface area contributed by atoms with E-state index in [1.165, 1.54) is 0 Å². The largest absolute Gasteiger partial charge is 0.480 e. The molecule has 0 saturated heterocycles. The monoisotopic (exact) mass is 259 g/mol. The summed E-state index contributed by atoms with van der Waals surface area (Å²) in [6.07, 6.45) is 0. The van der Waals surface area contributed by atoms with Gasteiger partial charge in [0.1, 0.15) is 0 Å². The van der Waals surface area contributed by atoms with Gasteiger partial charge in [-0.05, 0) is 20.8 Å². The van der Waals surface area contributed by atoms with Crippen LogP contribution in [0.2, 0.25) is 5.02 Å². The average Bonchev–Trinajstić information content (AvgIpc) is 2.43. The SMILES string of the molecule is Cc1nn(C)c(CN(CC(=O)O)C(C)C)c1Cl. The lowest BCUT2D eigenvalue weighted by molar-refractivity contribution is -0.139. The first-order valence-electron chi connectivity index (χ1n) is 5.46. The molecule has 0 aromatic carbocycles. The van der Waals surface area contributed by atoms with E-state index >= 15 is 0 Å². The van der Waals surface area contributed by atoms with Gasteiger partial charge in [0.2, 0.25) is 0 Å². The molecule has 1 aromatic heterocycles. The number of rotatable bonds is 5. The number of aromatic nitrogens is 2. The summed E-state index contributed by atoms with van der Waals surface area (Å²) in [5.41, 5.74) is 1.61. The molecule has 0 aliphatic rings. The molecule has 1 aromatic rings. The number of aliphatic carboxylic acids is 1. The number of halogens is 1. The fourth-order valence-corrected chi connectivity index (χ4v) is 1.86. The molecule has 0 spiro atoms. The van der Waals surface area contributed by atoms with Gasteiger partial charge in [-0.15, -0.1) is 0 Å². The Morgan fingerprint density at radius 3 is 2.53 bits per heavy atom. The summed E-state index contributed by atoms with van der Waals surface area (Å²) >= 11 is 6.14. The van der Waals surface area contributed by atoms with Crippen molar-refractivity contribution in [3.63, 3.8) is 0 Å². The van der Waals surface area contributed by atoms with Gasteiger partial charge in [0.25, 0.3) is 0 Å². The van der Waals surface area contributed by atoms with Crippen molar-refractivity contribution in [3.05, 3.63) is 16.4 Å². The van der Waals surface area contributed by atoms with E-state index in [9.17, 15) is 4.79 Å². The van der Waals surface area contributed by atoms with Crippen LogP contribution in [0.25, 0.3) is 0 Å². The van der Waals surface area contributed by atoms with Crippen LogP contribution in [0.1, 0.15) is 25.2 Å². The molecule has 5 nitrogen and oxygen atoms in total. The minimum atomic E-state index is -0.839. The van der Waals surface area contributed by atoms with Crippen LogP contribution in [0.15, 0.2) is 0 Å². The Morgan fingerprint density at radius 1 is 1.59 bits per heavy atom. The molecule has 0 bridgehead atoms. The summed E-state index contributed by atoms with van der Waals surface area (Å²) in [4.78, 5) is 12.6. The summed E-state index contributed by atoms with van der Waals surface area (Å²) in [6.45, 7) is 6.24. The maximum atomic E-state index is 10.8. The van der Waals surface area contributed by atoms with E-state index in [1.807, 2.05) is 32.7 Å². The molecule has 1 rings (SSSR count). The van der Waals surface area contributed by atoms with E-state index in [-0.39, 0.29) is 12.6 Å². The third-order valence-corrected chi connectivity index (χ3v) is 3.17. The van der Waals surface area contributed by atoms with E-state index in [0.717, 1.165) is 11.4 Å². The Labute approximate surface area is 106 Å². The molecular formula is C11H18ClN3O2. The Hall–Kier alpha value is -1.07. The van der Waals surface area contributed by atoms with Crippen molar-refractivity contribution in [3.8, 4) is 0 Å². The first-order chi connectivity index (χ1) is 7.82. The van der Waals surface area contributed by atoms with E-state index in [2.05, 4.69) is 5.10 Å². The first-order valence-corrected chi connectivity index (χ1v) is 5.84. The van der Waals surface area contributed by atoms with Crippen LogP contribution in [-0.2, 0) is 18.4 Å². The lowest BCUT2D eigenvalue weighted by atomic mass is 10.2. The minimum Gasteiger partial charge on any atom is -0.480 e. The maximum absolute atomic E-state index is 10.8. The van der Waals surface area contributed by atoms with Gasteiger partial charge in [-0.2, -0.15) is 5.10 Å². The number of carboxylic acids is 1. The predicted octanol–water partition coefficient (Wildman–Crippen LogP) is 1.68. The summed E-state index contributed by atoms with van der Waals surface area (Å²) in [5, 5.41) is 13.7. The molecule has 1 N–H and O–H groups in total. The van der Waals surface area contributed by atoms with Gasteiger partial charge in [0.15, 0.2) is 0 Å². The highest BCUT2D eigenvalue weighted by Crippen LogP contribution is 2.21. The molecule has 0 aliphatic carbocycles. The Balaban J connectivity index is 2.89. The summed E-state index contributed by atoms with van der Waals surface area (Å²) in [7, 11) is 1.81. The third kappa shape index (κ3) is 3.44. The van der Waals surface area contributed by atoms with Crippen LogP contribution in [0.4, 0.5) is 0 Å². The second-order valence-electron chi connectivity index (χ2n) is 4.36. The van der Waals surface area contributed by atoms with Crippen molar-refractivity contribution < 1.29 is 9.90 Å². The maximum Gasteiger partial charge on any atom is 0.317 e. The van der Waals surface area contributed by atoms with Gasteiger partial charge in [-0.3, -0.25) is 14.4 Å². The Kier molecular flexibility index (Phi) is 4.54. The first kappa shape index (κ1) is 14.0. The van der Waals surface area contributed by atoms with Crippen LogP contribution >= 0.6 is 11.6 Å². The molecule has 6 heteroatoms. The lowest BCUT2D eigenvalue weighted by Crippen LogP contribution is -2.35. The highest BCUT2D eigenvalue weighted by Gasteiger charge is 2.19. The van der Waals surface area contributed by atoms with Gasteiger partial charge in [0, 0.05) is 19.6 Å². The van der Waals surface area contributed by atoms with Crippen molar-refractivity contribution in [1.82, 2.24) is 14.7 Å². The topological polar surface area (TPSA) is 58.4 Å². The number of hydrogen-bond donors (Lipinski definition) is 1. The van der Waals surface area contributed by atoms with Crippen molar-refractivity contribution in [2.45, 2.75) is 33.4 Å². The van der Waals surface area contributed by atoms with Crippen molar-refractivity contribution in [1.29, 1.82) is 0 Å². The van der Waals surface area contributed by atoms with Crippen LogP contribution in [-0.4, -0.2) is 38.3 Å². The number of hydrogen-bond acceptors (Lipinski definition) is 3. The Bertz CT molecular complexity index is 415. The van der Waals surface area contributed by atoms with E-state index in [4.69, 9.17) is 16.7 Å². The number of carboxylic acid groups (broad SMARTS) is 1. The summed E-state index contributed by atoms with van der Waals surface area (Å²) < 4.78 is 1.70. The summed E-state index contributed by atoms with van der Waals surface area (Å²) in [6, 6.07) is 0.136. The molecule has 0 radical (unpaired) electrons. The average molecular weight is 260 g/mol. The molecule has 0 amide bonds. The van der Waals surface area contributed by atoms with Gasteiger partial charge < -0.3 is 5.11 Å². The molecule has 96 valence electrons. The third-order valence-electron chi connectivity index (χ3n) is 2.68. The number of aryl methyl sites for hydroxylation is 2. The van der Waals surface area contributed by atoms with E-state index in [0.29, 0.717) is 11.6 Å². The second-order valence-corrected chi connectivity index (χ2v) is 4.74. The minimum absolute atomic E-state index is 0.00176. The van der Waals surface area contributed by atoms with Crippen LogP contribution < -0.4 is 0 Å². The zero-order valence-electron chi connectivity index (χ0n) is 10.6. The Morgan fingerprint density at radius 2 is 2.18 bits per heavy atom. The van der Waals surface area contributed by atoms with Crippen molar-refractivity contribution in [2.75, 3.05) is 6.54 Å². The molecule has 0 atom stereocenters.